The van der Waals surface area contributed by atoms with Crippen LogP contribution in [0.15, 0.2) is 55.0 Å². The number of aromatic nitrogens is 4. The fourth-order valence-corrected chi connectivity index (χ4v) is 2.96. The Morgan fingerprint density at radius 3 is 2.33 bits per heavy atom. The first kappa shape index (κ1) is 22.2. The van der Waals surface area contributed by atoms with E-state index in [2.05, 4.69) is 19.9 Å². The van der Waals surface area contributed by atoms with E-state index in [1.807, 2.05) is 0 Å². The quantitative estimate of drug-likeness (QED) is 0.306. The molecule has 0 amide bonds. The van der Waals surface area contributed by atoms with Gasteiger partial charge in [-0.05, 0) is 36.4 Å². The van der Waals surface area contributed by atoms with Crippen LogP contribution in [0.1, 0.15) is 11.3 Å². The maximum atomic E-state index is 14.0. The number of rotatable bonds is 6. The highest BCUT2D eigenvalue weighted by Gasteiger charge is 2.32. The number of nitrogens with one attached hydrogen (secondary N) is 1. The highest BCUT2D eigenvalue weighted by atomic mass is 19.4. The number of imidazole rings is 1. The van der Waals surface area contributed by atoms with Crippen molar-refractivity contribution in [2.24, 2.45) is 0 Å². The van der Waals surface area contributed by atoms with Gasteiger partial charge in [0.1, 0.15) is 23.9 Å². The summed E-state index contributed by atoms with van der Waals surface area (Å²) < 4.78 is 75.8. The van der Waals surface area contributed by atoms with Crippen molar-refractivity contribution in [3.63, 3.8) is 0 Å². The number of aromatic amines is 1. The Balaban J connectivity index is 1.51. The number of hydrogen-bond donors (Lipinski definition) is 1. The number of methoxy groups -OCH3 is 1. The summed E-state index contributed by atoms with van der Waals surface area (Å²) in [5, 5.41) is 0. The van der Waals surface area contributed by atoms with Crippen molar-refractivity contribution in [1.29, 1.82) is 0 Å². The van der Waals surface area contributed by atoms with E-state index in [9.17, 15) is 22.0 Å². The summed E-state index contributed by atoms with van der Waals surface area (Å²) >= 11 is 0. The number of nitrogens with zero attached hydrogens (tertiary/aromatic N) is 3. The zero-order chi connectivity index (χ0) is 23.6. The monoisotopic (exact) mass is 462 g/mol. The lowest BCUT2D eigenvalue weighted by atomic mass is 10.1. The summed E-state index contributed by atoms with van der Waals surface area (Å²) in [5.74, 6) is -0.692. The van der Waals surface area contributed by atoms with Crippen molar-refractivity contribution < 1.29 is 31.4 Å². The van der Waals surface area contributed by atoms with Crippen molar-refractivity contribution in [2.45, 2.75) is 12.8 Å². The van der Waals surface area contributed by atoms with Gasteiger partial charge in [-0.2, -0.15) is 17.6 Å². The Kier molecular flexibility index (Phi) is 5.95. The average molecular weight is 462 g/mol. The molecule has 0 atom stereocenters. The van der Waals surface area contributed by atoms with Gasteiger partial charge >= 0.3 is 6.18 Å². The molecule has 4 aromatic rings. The molecule has 11 heteroatoms. The molecule has 6 nitrogen and oxygen atoms in total. The van der Waals surface area contributed by atoms with Crippen LogP contribution in [0.4, 0.5) is 22.0 Å². The normalized spacial score (nSPS) is 11.5. The molecule has 0 radical (unpaired) electrons. The zero-order valence-electron chi connectivity index (χ0n) is 17.0. The maximum absolute atomic E-state index is 14.0. The molecule has 4 rings (SSSR count). The van der Waals surface area contributed by atoms with Crippen LogP contribution in [-0.4, -0.2) is 27.0 Å². The zero-order valence-corrected chi connectivity index (χ0v) is 17.0. The van der Waals surface area contributed by atoms with Crippen molar-refractivity contribution >= 4 is 0 Å². The van der Waals surface area contributed by atoms with Gasteiger partial charge in [0.05, 0.1) is 24.6 Å². The van der Waals surface area contributed by atoms with Gasteiger partial charge in [-0.15, -0.1) is 0 Å². The molecule has 0 spiro atoms. The Hall–Kier alpha value is -4.02. The first-order chi connectivity index (χ1) is 15.7. The first-order valence-corrected chi connectivity index (χ1v) is 9.44. The molecule has 1 N–H and O–H groups in total. The summed E-state index contributed by atoms with van der Waals surface area (Å²) in [5.41, 5.74) is 0.461. The lowest BCUT2D eigenvalue weighted by Gasteiger charge is -2.13. The van der Waals surface area contributed by atoms with Gasteiger partial charge in [0.15, 0.2) is 11.5 Å². The Labute approximate surface area is 184 Å². The van der Waals surface area contributed by atoms with Crippen LogP contribution < -0.4 is 9.47 Å². The average Bonchev–Trinajstić information content (AvgIpc) is 3.28. The summed E-state index contributed by atoms with van der Waals surface area (Å²) in [6, 6.07) is 8.03. The smallest absolute Gasteiger partial charge is 0.417 e. The van der Waals surface area contributed by atoms with Gasteiger partial charge in [0, 0.05) is 23.5 Å². The van der Waals surface area contributed by atoms with E-state index < -0.39 is 30.1 Å². The fraction of sp³-hybridized carbons (Fsp3) is 0.136. The van der Waals surface area contributed by atoms with E-state index in [1.54, 1.807) is 24.4 Å². The van der Waals surface area contributed by atoms with Gasteiger partial charge in [0.2, 0.25) is 5.95 Å². The fourth-order valence-electron chi connectivity index (χ4n) is 2.96. The molecule has 0 aliphatic carbocycles. The van der Waals surface area contributed by atoms with Crippen LogP contribution in [0.3, 0.4) is 0 Å². The maximum Gasteiger partial charge on any atom is 0.417 e. The lowest BCUT2D eigenvalue weighted by Crippen LogP contribution is -2.09. The van der Waals surface area contributed by atoms with Gasteiger partial charge in [-0.3, -0.25) is 4.98 Å². The summed E-state index contributed by atoms with van der Waals surface area (Å²) in [4.78, 5) is 14.5. The lowest BCUT2D eigenvalue weighted by molar-refractivity contribution is -0.138. The molecule has 33 heavy (non-hydrogen) atoms. The van der Waals surface area contributed by atoms with E-state index >= 15 is 0 Å². The summed E-state index contributed by atoms with van der Waals surface area (Å²) in [6.07, 6.45) is -1.21. The van der Waals surface area contributed by atoms with Gasteiger partial charge in [-0.1, -0.05) is 0 Å². The Bertz CT molecular complexity index is 1270. The molecule has 0 aliphatic rings. The molecular formula is C22H15F5N4O2. The molecule has 0 saturated carbocycles. The first-order valence-electron chi connectivity index (χ1n) is 9.44. The van der Waals surface area contributed by atoms with E-state index in [0.29, 0.717) is 40.7 Å². The number of ether oxygens (including phenoxy) is 2. The molecule has 0 aliphatic heterocycles. The molecule has 0 saturated heterocycles. The van der Waals surface area contributed by atoms with Crippen molar-refractivity contribution in [2.75, 3.05) is 7.11 Å². The van der Waals surface area contributed by atoms with Crippen LogP contribution in [0.25, 0.3) is 22.6 Å². The molecule has 170 valence electrons. The third-order valence-corrected chi connectivity index (χ3v) is 4.66. The number of hydrogen-bond acceptors (Lipinski definition) is 5. The van der Waals surface area contributed by atoms with Crippen molar-refractivity contribution in [3.05, 3.63) is 78.0 Å². The number of alkyl halides is 3. The third-order valence-electron chi connectivity index (χ3n) is 4.66. The highest BCUT2D eigenvalue weighted by molar-refractivity contribution is 5.67. The van der Waals surface area contributed by atoms with Gasteiger partial charge in [0.25, 0.3) is 0 Å². The predicted octanol–water partition coefficient (Wildman–Crippen LogP) is 5.42. The highest BCUT2D eigenvalue weighted by Crippen LogP contribution is 2.34. The number of benzene rings is 1. The van der Waals surface area contributed by atoms with Crippen LogP contribution in [0.5, 0.6) is 11.5 Å². The third kappa shape index (κ3) is 4.92. The van der Waals surface area contributed by atoms with Crippen LogP contribution in [-0.2, 0) is 12.8 Å². The number of pyridine rings is 2. The number of H-pyrrole nitrogens is 1. The van der Waals surface area contributed by atoms with Crippen molar-refractivity contribution in [1.82, 2.24) is 19.9 Å². The minimum atomic E-state index is -4.69. The standard InChI is InChI=1S/C22H15F5N4O2/c1-32-19-6-12(16-10-30-21(31-16)13-3-5-20(24)29-8-13)2-4-18(19)33-11-17-15(23)7-14(9-28-17)22(25,26)27/h2-10H,11H2,1H3,(H,30,31). The topological polar surface area (TPSA) is 72.9 Å². The predicted molar refractivity (Wildman–Crippen MR) is 107 cm³/mol. The van der Waals surface area contributed by atoms with Crippen LogP contribution >= 0.6 is 0 Å². The summed E-state index contributed by atoms with van der Waals surface area (Å²) in [7, 11) is 1.41. The largest absolute Gasteiger partial charge is 0.493 e. The summed E-state index contributed by atoms with van der Waals surface area (Å²) in [6.45, 7) is -0.397. The Morgan fingerprint density at radius 1 is 0.879 bits per heavy atom. The van der Waals surface area contributed by atoms with Gasteiger partial charge < -0.3 is 14.5 Å². The van der Waals surface area contributed by atoms with Crippen LogP contribution in [0.2, 0.25) is 0 Å². The van der Waals surface area contributed by atoms with Gasteiger partial charge in [-0.25, -0.2) is 14.4 Å². The van der Waals surface area contributed by atoms with Crippen molar-refractivity contribution in [3.8, 4) is 34.1 Å². The molecule has 0 unspecified atom stereocenters. The second-order valence-corrected chi connectivity index (χ2v) is 6.82. The van der Waals surface area contributed by atoms with E-state index in [1.165, 1.54) is 25.4 Å². The van der Waals surface area contributed by atoms with E-state index in [4.69, 9.17) is 9.47 Å². The molecule has 1 aromatic carbocycles. The number of halogens is 5. The minimum Gasteiger partial charge on any atom is -0.493 e. The second kappa shape index (κ2) is 8.85. The molecule has 3 heterocycles. The van der Waals surface area contributed by atoms with E-state index in [0.717, 1.165) is 0 Å². The Morgan fingerprint density at radius 2 is 1.67 bits per heavy atom. The molecular weight excluding hydrogens is 447 g/mol. The molecule has 3 aromatic heterocycles. The minimum absolute atomic E-state index is 0.241. The molecule has 0 fully saturated rings. The SMILES string of the molecule is COc1cc(-c2cnc(-c3ccc(F)nc3)[nH]2)ccc1OCc1ncc(C(F)(F)F)cc1F. The molecule has 0 bridgehead atoms. The van der Waals surface area contributed by atoms with E-state index in [-0.39, 0.29) is 11.4 Å². The van der Waals surface area contributed by atoms with Crippen LogP contribution in [0, 0.1) is 11.8 Å². The second-order valence-electron chi connectivity index (χ2n) is 6.82.